The Balaban J connectivity index is 1.42. The lowest BCUT2D eigenvalue weighted by molar-refractivity contribution is 0.0854. The lowest BCUT2D eigenvalue weighted by atomic mass is 9.89. The maximum absolute atomic E-state index is 12.7. The molecule has 0 spiro atoms. The first-order chi connectivity index (χ1) is 14.6. The lowest BCUT2D eigenvalue weighted by Crippen LogP contribution is -2.45. The Kier molecular flexibility index (Phi) is 7.79. The van der Waals surface area contributed by atoms with Crippen molar-refractivity contribution in [3.63, 3.8) is 0 Å². The van der Waals surface area contributed by atoms with Gasteiger partial charge in [-0.25, -0.2) is 9.78 Å². The van der Waals surface area contributed by atoms with Gasteiger partial charge in [0.1, 0.15) is 6.61 Å². The van der Waals surface area contributed by atoms with Crippen LogP contribution in [0.4, 0.5) is 4.79 Å². The summed E-state index contributed by atoms with van der Waals surface area (Å²) in [5, 5.41) is 2.92. The third-order valence-electron chi connectivity index (χ3n) is 5.27. The number of benzene rings is 1. The largest absolute Gasteiger partial charge is 0.475 e. The van der Waals surface area contributed by atoms with Crippen molar-refractivity contribution in [3.05, 3.63) is 59.3 Å². The number of ketones is 1. The topological polar surface area (TPSA) is 80.8 Å². The first-order valence-electron chi connectivity index (χ1n) is 10.3. The van der Waals surface area contributed by atoms with Gasteiger partial charge in [-0.05, 0) is 25.3 Å². The average molecular weight is 412 g/mol. The van der Waals surface area contributed by atoms with Crippen molar-refractivity contribution >= 4 is 11.8 Å². The van der Waals surface area contributed by atoms with Crippen LogP contribution in [-0.2, 0) is 11.3 Å². The van der Waals surface area contributed by atoms with Gasteiger partial charge in [0.25, 0.3) is 0 Å². The zero-order valence-corrected chi connectivity index (χ0v) is 17.6. The average Bonchev–Trinajstić information content (AvgIpc) is 2.78. The van der Waals surface area contributed by atoms with Gasteiger partial charge in [0, 0.05) is 50.5 Å². The molecular weight excluding hydrogens is 382 g/mol. The standard InChI is InChI=1S/C23H29N3O4/c1-17-3-6-19(7-4-17)22(27)20-9-11-26(12-10-20)23(28)25-16-18-5-8-21(24-15-18)30-14-13-29-2/h3-8,15,20H,9-14,16H2,1-2H3,(H,25,28). The van der Waals surface area contributed by atoms with E-state index in [1.807, 2.05) is 37.3 Å². The Morgan fingerprint density at radius 1 is 1.10 bits per heavy atom. The van der Waals surface area contributed by atoms with Crippen molar-refractivity contribution in [2.75, 3.05) is 33.4 Å². The summed E-state index contributed by atoms with van der Waals surface area (Å²) in [6, 6.07) is 11.2. The summed E-state index contributed by atoms with van der Waals surface area (Å²) in [6.45, 7) is 4.52. The highest BCUT2D eigenvalue weighted by Crippen LogP contribution is 2.22. The molecule has 0 unspecified atom stereocenters. The second-order valence-electron chi connectivity index (χ2n) is 7.50. The number of ether oxygens (including phenoxy) is 2. The van der Waals surface area contributed by atoms with Gasteiger partial charge in [0.15, 0.2) is 5.78 Å². The molecular formula is C23H29N3O4. The van der Waals surface area contributed by atoms with E-state index in [9.17, 15) is 9.59 Å². The molecule has 0 radical (unpaired) electrons. The van der Waals surface area contributed by atoms with Crippen LogP contribution in [0.25, 0.3) is 0 Å². The van der Waals surface area contributed by atoms with Crippen molar-refractivity contribution in [3.8, 4) is 5.88 Å². The number of Topliss-reactive ketones (excluding diaryl/α,β-unsaturated/α-hetero) is 1. The van der Waals surface area contributed by atoms with Crippen LogP contribution in [0.3, 0.4) is 0 Å². The van der Waals surface area contributed by atoms with E-state index in [-0.39, 0.29) is 17.7 Å². The molecule has 7 heteroatoms. The Bertz CT molecular complexity index is 829. The normalized spacial score (nSPS) is 14.4. The number of hydrogen-bond acceptors (Lipinski definition) is 5. The quantitative estimate of drug-likeness (QED) is 0.533. The number of amides is 2. The first kappa shape index (κ1) is 21.8. The number of aryl methyl sites for hydroxylation is 1. The number of rotatable bonds is 8. The summed E-state index contributed by atoms with van der Waals surface area (Å²) in [5.41, 5.74) is 2.79. The van der Waals surface area contributed by atoms with E-state index < -0.39 is 0 Å². The van der Waals surface area contributed by atoms with Crippen LogP contribution >= 0.6 is 0 Å². The van der Waals surface area contributed by atoms with Crippen LogP contribution in [0, 0.1) is 12.8 Å². The SMILES string of the molecule is COCCOc1ccc(CNC(=O)N2CCC(C(=O)c3ccc(C)cc3)CC2)cn1. The summed E-state index contributed by atoms with van der Waals surface area (Å²) in [5.74, 6) is 0.683. The minimum absolute atomic E-state index is 0.0217. The molecule has 1 aromatic heterocycles. The van der Waals surface area contributed by atoms with E-state index in [0.29, 0.717) is 51.6 Å². The Morgan fingerprint density at radius 3 is 2.47 bits per heavy atom. The number of nitrogens with zero attached hydrogens (tertiary/aromatic N) is 2. The number of piperidine rings is 1. The predicted molar refractivity (Wildman–Crippen MR) is 114 cm³/mol. The monoisotopic (exact) mass is 411 g/mol. The van der Waals surface area contributed by atoms with Crippen LogP contribution in [0.2, 0.25) is 0 Å². The maximum atomic E-state index is 12.7. The van der Waals surface area contributed by atoms with Gasteiger partial charge < -0.3 is 19.7 Å². The van der Waals surface area contributed by atoms with Crippen molar-refractivity contribution in [1.82, 2.24) is 15.2 Å². The van der Waals surface area contributed by atoms with Crippen LogP contribution in [0.5, 0.6) is 5.88 Å². The van der Waals surface area contributed by atoms with E-state index in [0.717, 1.165) is 16.7 Å². The zero-order chi connectivity index (χ0) is 21.3. The summed E-state index contributed by atoms with van der Waals surface area (Å²) in [7, 11) is 1.62. The maximum Gasteiger partial charge on any atom is 0.317 e. The molecule has 1 N–H and O–H groups in total. The van der Waals surface area contributed by atoms with E-state index in [1.54, 1.807) is 24.3 Å². The van der Waals surface area contributed by atoms with E-state index in [4.69, 9.17) is 9.47 Å². The smallest absolute Gasteiger partial charge is 0.317 e. The summed E-state index contributed by atoms with van der Waals surface area (Å²) < 4.78 is 10.4. The van der Waals surface area contributed by atoms with Crippen LogP contribution < -0.4 is 10.1 Å². The van der Waals surface area contributed by atoms with Crippen LogP contribution in [-0.4, -0.2) is 55.1 Å². The number of aromatic nitrogens is 1. The third kappa shape index (κ3) is 6.03. The van der Waals surface area contributed by atoms with Crippen LogP contribution in [0.1, 0.15) is 34.3 Å². The number of urea groups is 1. The summed E-state index contributed by atoms with van der Waals surface area (Å²) in [4.78, 5) is 31.1. The van der Waals surface area contributed by atoms with Crippen molar-refractivity contribution < 1.29 is 19.1 Å². The fourth-order valence-corrected chi connectivity index (χ4v) is 3.42. The number of methoxy groups -OCH3 is 1. The number of pyridine rings is 1. The fraction of sp³-hybridized carbons (Fsp3) is 0.435. The number of likely N-dealkylation sites (tertiary alicyclic amines) is 1. The van der Waals surface area contributed by atoms with Gasteiger partial charge in [-0.3, -0.25) is 4.79 Å². The Labute approximate surface area is 177 Å². The molecule has 2 aromatic rings. The van der Waals surface area contributed by atoms with Crippen molar-refractivity contribution in [1.29, 1.82) is 0 Å². The fourth-order valence-electron chi connectivity index (χ4n) is 3.42. The number of carbonyl (C=O) groups is 2. The second-order valence-corrected chi connectivity index (χ2v) is 7.50. The molecule has 2 heterocycles. The van der Waals surface area contributed by atoms with Gasteiger partial charge in [-0.15, -0.1) is 0 Å². The lowest BCUT2D eigenvalue weighted by Gasteiger charge is -2.31. The molecule has 1 fully saturated rings. The third-order valence-corrected chi connectivity index (χ3v) is 5.27. The highest BCUT2D eigenvalue weighted by Gasteiger charge is 2.27. The Hall–Kier alpha value is -2.93. The molecule has 1 aliphatic rings. The predicted octanol–water partition coefficient (Wildman–Crippen LogP) is 3.22. The zero-order valence-electron chi connectivity index (χ0n) is 17.6. The molecule has 0 aliphatic carbocycles. The highest BCUT2D eigenvalue weighted by atomic mass is 16.5. The molecule has 0 saturated carbocycles. The molecule has 3 rings (SSSR count). The number of nitrogens with one attached hydrogen (secondary N) is 1. The molecule has 2 amide bonds. The van der Waals surface area contributed by atoms with E-state index in [2.05, 4.69) is 10.3 Å². The minimum atomic E-state index is -0.114. The van der Waals surface area contributed by atoms with E-state index >= 15 is 0 Å². The summed E-state index contributed by atoms with van der Waals surface area (Å²) >= 11 is 0. The first-order valence-corrected chi connectivity index (χ1v) is 10.3. The highest BCUT2D eigenvalue weighted by molar-refractivity contribution is 5.98. The Morgan fingerprint density at radius 2 is 1.83 bits per heavy atom. The molecule has 1 aliphatic heterocycles. The molecule has 7 nitrogen and oxygen atoms in total. The summed E-state index contributed by atoms with van der Waals surface area (Å²) in [6.07, 6.45) is 3.07. The molecule has 1 aromatic carbocycles. The van der Waals surface area contributed by atoms with Crippen molar-refractivity contribution in [2.24, 2.45) is 5.92 Å². The van der Waals surface area contributed by atoms with Gasteiger partial charge in [-0.1, -0.05) is 35.9 Å². The van der Waals surface area contributed by atoms with Gasteiger partial charge in [0.05, 0.1) is 6.61 Å². The van der Waals surface area contributed by atoms with Gasteiger partial charge in [-0.2, -0.15) is 0 Å². The number of carbonyl (C=O) groups excluding carboxylic acids is 2. The molecule has 0 bridgehead atoms. The van der Waals surface area contributed by atoms with E-state index in [1.165, 1.54) is 0 Å². The molecule has 0 atom stereocenters. The van der Waals surface area contributed by atoms with Gasteiger partial charge in [0.2, 0.25) is 5.88 Å². The molecule has 160 valence electrons. The number of hydrogen-bond donors (Lipinski definition) is 1. The molecule has 1 saturated heterocycles. The van der Waals surface area contributed by atoms with Gasteiger partial charge >= 0.3 is 6.03 Å². The molecule has 30 heavy (non-hydrogen) atoms. The second kappa shape index (κ2) is 10.7. The van der Waals surface area contributed by atoms with Crippen LogP contribution in [0.15, 0.2) is 42.6 Å². The minimum Gasteiger partial charge on any atom is -0.475 e. The van der Waals surface area contributed by atoms with Crippen molar-refractivity contribution in [2.45, 2.75) is 26.3 Å².